The van der Waals surface area contributed by atoms with Crippen LogP contribution in [0.25, 0.3) is 0 Å². The molecular weight excluding hydrogens is 140 g/mol. The topological polar surface area (TPSA) is 40.5 Å². The summed E-state index contributed by atoms with van der Waals surface area (Å²) in [5.41, 5.74) is 0. The van der Waals surface area contributed by atoms with Crippen LogP contribution in [0.15, 0.2) is 0 Å². The minimum atomic E-state index is -0.206. The van der Waals surface area contributed by atoms with Gasteiger partial charge in [-0.05, 0) is 38.5 Å². The maximum atomic E-state index is 9.42. The quantitative estimate of drug-likeness (QED) is 0.650. The highest BCUT2D eigenvalue weighted by Gasteiger charge is 2.24. The molecule has 0 spiro atoms. The molecular formula is C9H18O2. The van der Waals surface area contributed by atoms with Crippen LogP contribution in [0.1, 0.15) is 39.0 Å². The number of rotatable bonds is 3. The van der Waals surface area contributed by atoms with Crippen LogP contribution >= 0.6 is 0 Å². The Morgan fingerprint density at radius 2 is 2.18 bits per heavy atom. The van der Waals surface area contributed by atoms with Crippen molar-refractivity contribution in [2.75, 3.05) is 0 Å². The Kier molecular flexibility index (Phi) is 3.34. The molecule has 0 bridgehead atoms. The number of hydrogen-bond donors (Lipinski definition) is 2. The van der Waals surface area contributed by atoms with Crippen LogP contribution in [0, 0.1) is 5.92 Å². The van der Waals surface area contributed by atoms with Crippen LogP contribution < -0.4 is 0 Å². The normalized spacial score (nSPS) is 34.1. The minimum Gasteiger partial charge on any atom is -0.393 e. The van der Waals surface area contributed by atoms with Gasteiger partial charge in [0.2, 0.25) is 0 Å². The molecule has 1 rings (SSSR count). The first kappa shape index (κ1) is 9.01. The molecule has 11 heavy (non-hydrogen) atoms. The molecule has 3 unspecified atom stereocenters. The van der Waals surface area contributed by atoms with Crippen molar-refractivity contribution in [2.24, 2.45) is 5.92 Å². The maximum absolute atomic E-state index is 9.42. The van der Waals surface area contributed by atoms with E-state index in [4.69, 9.17) is 5.11 Å². The Balaban J connectivity index is 2.15. The zero-order chi connectivity index (χ0) is 8.27. The first-order chi connectivity index (χ1) is 5.20. The summed E-state index contributed by atoms with van der Waals surface area (Å²) in [6.07, 6.45) is 4.79. The van der Waals surface area contributed by atoms with Crippen molar-refractivity contribution < 1.29 is 10.2 Å². The summed E-state index contributed by atoms with van der Waals surface area (Å²) in [6.45, 7) is 1.81. The lowest BCUT2D eigenvalue weighted by atomic mass is 9.98. The summed E-state index contributed by atoms with van der Waals surface area (Å²) < 4.78 is 0. The molecule has 0 aromatic rings. The average molecular weight is 158 g/mol. The first-order valence-corrected chi connectivity index (χ1v) is 4.56. The van der Waals surface area contributed by atoms with E-state index in [1.807, 2.05) is 0 Å². The Bertz CT molecular complexity index is 112. The maximum Gasteiger partial charge on any atom is 0.0568 e. The fraction of sp³-hybridized carbons (Fsp3) is 1.00. The van der Waals surface area contributed by atoms with E-state index in [-0.39, 0.29) is 12.2 Å². The lowest BCUT2D eigenvalue weighted by Gasteiger charge is -2.14. The molecule has 0 aromatic carbocycles. The standard InChI is InChI=1S/C9H18O2/c1-7(10)5-6-8-3-2-4-9(8)11/h7-11H,2-6H2,1H3. The summed E-state index contributed by atoms with van der Waals surface area (Å²) >= 11 is 0. The molecule has 1 fully saturated rings. The zero-order valence-corrected chi connectivity index (χ0v) is 7.16. The van der Waals surface area contributed by atoms with Gasteiger partial charge in [0, 0.05) is 0 Å². The van der Waals surface area contributed by atoms with Gasteiger partial charge in [-0.1, -0.05) is 6.42 Å². The van der Waals surface area contributed by atoms with E-state index in [0.29, 0.717) is 5.92 Å². The van der Waals surface area contributed by atoms with E-state index in [1.54, 1.807) is 6.92 Å². The molecule has 0 aliphatic heterocycles. The smallest absolute Gasteiger partial charge is 0.0568 e. The third kappa shape index (κ3) is 2.80. The van der Waals surface area contributed by atoms with Gasteiger partial charge in [0.05, 0.1) is 12.2 Å². The van der Waals surface area contributed by atoms with Crippen LogP contribution in [-0.2, 0) is 0 Å². The third-order valence-corrected chi connectivity index (χ3v) is 2.57. The van der Waals surface area contributed by atoms with Crippen molar-refractivity contribution in [3.8, 4) is 0 Å². The highest BCUT2D eigenvalue weighted by molar-refractivity contribution is 4.76. The molecule has 0 saturated heterocycles. The largest absolute Gasteiger partial charge is 0.393 e. The molecule has 0 radical (unpaired) electrons. The molecule has 66 valence electrons. The van der Waals surface area contributed by atoms with Gasteiger partial charge in [0.25, 0.3) is 0 Å². The van der Waals surface area contributed by atoms with E-state index in [9.17, 15) is 5.11 Å². The van der Waals surface area contributed by atoms with Crippen LogP contribution in [0.2, 0.25) is 0 Å². The Hall–Kier alpha value is -0.0800. The van der Waals surface area contributed by atoms with Crippen LogP contribution in [-0.4, -0.2) is 22.4 Å². The number of aliphatic hydroxyl groups is 2. The second-order valence-electron chi connectivity index (χ2n) is 3.68. The number of hydrogen-bond acceptors (Lipinski definition) is 2. The van der Waals surface area contributed by atoms with Crippen LogP contribution in [0.4, 0.5) is 0 Å². The molecule has 1 aliphatic rings. The molecule has 0 heterocycles. The third-order valence-electron chi connectivity index (χ3n) is 2.57. The number of aliphatic hydroxyl groups excluding tert-OH is 2. The molecule has 2 N–H and O–H groups in total. The van der Waals surface area contributed by atoms with E-state index in [2.05, 4.69) is 0 Å². The lowest BCUT2D eigenvalue weighted by Crippen LogP contribution is -2.14. The predicted molar refractivity (Wildman–Crippen MR) is 44.3 cm³/mol. The van der Waals surface area contributed by atoms with E-state index in [0.717, 1.165) is 32.1 Å². The molecule has 0 amide bonds. The van der Waals surface area contributed by atoms with Gasteiger partial charge < -0.3 is 10.2 Å². The van der Waals surface area contributed by atoms with Gasteiger partial charge in [0.15, 0.2) is 0 Å². The molecule has 2 heteroatoms. The van der Waals surface area contributed by atoms with E-state index in [1.165, 1.54) is 0 Å². The van der Waals surface area contributed by atoms with Gasteiger partial charge >= 0.3 is 0 Å². The SMILES string of the molecule is CC(O)CCC1CCCC1O. The molecule has 3 atom stereocenters. The first-order valence-electron chi connectivity index (χ1n) is 4.56. The van der Waals surface area contributed by atoms with Crippen molar-refractivity contribution in [2.45, 2.75) is 51.2 Å². The fourth-order valence-corrected chi connectivity index (χ4v) is 1.81. The highest BCUT2D eigenvalue weighted by Crippen LogP contribution is 2.29. The van der Waals surface area contributed by atoms with Crippen LogP contribution in [0.3, 0.4) is 0 Å². The highest BCUT2D eigenvalue weighted by atomic mass is 16.3. The van der Waals surface area contributed by atoms with Crippen LogP contribution in [0.5, 0.6) is 0 Å². The van der Waals surface area contributed by atoms with Gasteiger partial charge in [-0.25, -0.2) is 0 Å². The van der Waals surface area contributed by atoms with Gasteiger partial charge in [0.1, 0.15) is 0 Å². The second kappa shape index (κ2) is 4.07. The summed E-state index contributed by atoms with van der Waals surface area (Å²) in [7, 11) is 0. The zero-order valence-electron chi connectivity index (χ0n) is 7.16. The minimum absolute atomic E-state index is 0.0891. The van der Waals surface area contributed by atoms with Crippen molar-refractivity contribution in [3.05, 3.63) is 0 Å². The average Bonchev–Trinajstić information content (AvgIpc) is 2.31. The molecule has 0 aromatic heterocycles. The van der Waals surface area contributed by atoms with Crippen molar-refractivity contribution >= 4 is 0 Å². The Morgan fingerprint density at radius 1 is 1.45 bits per heavy atom. The Morgan fingerprint density at radius 3 is 2.64 bits per heavy atom. The van der Waals surface area contributed by atoms with Crippen molar-refractivity contribution in [1.29, 1.82) is 0 Å². The fourth-order valence-electron chi connectivity index (χ4n) is 1.81. The van der Waals surface area contributed by atoms with Gasteiger partial charge in [-0.2, -0.15) is 0 Å². The van der Waals surface area contributed by atoms with Gasteiger partial charge in [-0.15, -0.1) is 0 Å². The summed E-state index contributed by atoms with van der Waals surface area (Å²) in [6, 6.07) is 0. The Labute approximate surface area is 68.2 Å². The predicted octanol–water partition coefficient (Wildman–Crippen LogP) is 1.31. The summed E-state index contributed by atoms with van der Waals surface area (Å²) in [5, 5.41) is 18.4. The second-order valence-corrected chi connectivity index (χ2v) is 3.68. The summed E-state index contributed by atoms with van der Waals surface area (Å²) in [5.74, 6) is 0.463. The molecule has 1 aliphatic carbocycles. The monoisotopic (exact) mass is 158 g/mol. The van der Waals surface area contributed by atoms with Crippen molar-refractivity contribution in [3.63, 3.8) is 0 Å². The summed E-state index contributed by atoms with van der Waals surface area (Å²) in [4.78, 5) is 0. The molecule has 2 nitrogen and oxygen atoms in total. The lowest BCUT2D eigenvalue weighted by molar-refractivity contribution is 0.110. The van der Waals surface area contributed by atoms with E-state index < -0.39 is 0 Å². The molecule has 1 saturated carbocycles. The van der Waals surface area contributed by atoms with Gasteiger partial charge in [-0.3, -0.25) is 0 Å². The van der Waals surface area contributed by atoms with E-state index >= 15 is 0 Å². The van der Waals surface area contributed by atoms with Crippen molar-refractivity contribution in [1.82, 2.24) is 0 Å².